The van der Waals surface area contributed by atoms with E-state index in [0.717, 1.165) is 34.4 Å². The zero-order valence-corrected chi connectivity index (χ0v) is 15.1. The smallest absolute Gasteiger partial charge is 0.229 e. The van der Waals surface area contributed by atoms with E-state index in [2.05, 4.69) is 20.6 Å². The second-order valence-corrected chi connectivity index (χ2v) is 5.65. The summed E-state index contributed by atoms with van der Waals surface area (Å²) in [6.45, 7) is 4.55. The van der Waals surface area contributed by atoms with Crippen molar-refractivity contribution in [2.75, 3.05) is 24.4 Å². The standard InChI is InChI=1S/C20H22N4O2/c1-4-26-18-11-7-15(8-12-18)22-19-13-14(2)21-20(24-19)23-16-5-9-17(25-3)10-6-16/h5-13H,4H2,1-3H3,(H2,21,22,23,24). The maximum atomic E-state index is 5.46. The zero-order valence-electron chi connectivity index (χ0n) is 15.1. The monoisotopic (exact) mass is 350 g/mol. The van der Waals surface area contributed by atoms with Gasteiger partial charge in [0.25, 0.3) is 0 Å². The highest BCUT2D eigenvalue weighted by molar-refractivity contribution is 5.61. The fraction of sp³-hybridized carbons (Fsp3) is 0.200. The minimum absolute atomic E-state index is 0.531. The van der Waals surface area contributed by atoms with Crippen LogP contribution in [0.2, 0.25) is 0 Å². The molecule has 0 amide bonds. The number of anilines is 4. The number of aryl methyl sites for hydroxylation is 1. The third-order valence-corrected chi connectivity index (χ3v) is 3.64. The number of hydrogen-bond donors (Lipinski definition) is 2. The fourth-order valence-electron chi connectivity index (χ4n) is 2.44. The molecule has 0 unspecified atom stereocenters. The lowest BCUT2D eigenvalue weighted by Gasteiger charge is -2.11. The Kier molecular flexibility index (Phi) is 5.53. The molecule has 0 spiro atoms. The summed E-state index contributed by atoms with van der Waals surface area (Å²) in [5.74, 6) is 2.90. The van der Waals surface area contributed by atoms with Crippen LogP contribution in [0.5, 0.6) is 11.5 Å². The molecule has 6 nitrogen and oxygen atoms in total. The van der Waals surface area contributed by atoms with E-state index in [1.807, 2.05) is 68.4 Å². The Morgan fingerprint density at radius 3 is 2.08 bits per heavy atom. The predicted octanol–water partition coefficient (Wildman–Crippen LogP) is 4.68. The van der Waals surface area contributed by atoms with Gasteiger partial charge in [0, 0.05) is 23.1 Å². The average molecular weight is 350 g/mol. The van der Waals surface area contributed by atoms with E-state index in [0.29, 0.717) is 12.6 Å². The Balaban J connectivity index is 1.74. The summed E-state index contributed by atoms with van der Waals surface area (Å²) in [5.41, 5.74) is 2.69. The second-order valence-electron chi connectivity index (χ2n) is 5.65. The Hall–Kier alpha value is -3.28. The Bertz CT molecular complexity index is 849. The van der Waals surface area contributed by atoms with Gasteiger partial charge in [-0.2, -0.15) is 4.98 Å². The highest BCUT2D eigenvalue weighted by Gasteiger charge is 2.04. The van der Waals surface area contributed by atoms with Crippen LogP contribution < -0.4 is 20.1 Å². The van der Waals surface area contributed by atoms with Gasteiger partial charge in [0.1, 0.15) is 17.3 Å². The highest BCUT2D eigenvalue weighted by Crippen LogP contribution is 2.22. The molecule has 0 radical (unpaired) electrons. The Morgan fingerprint density at radius 1 is 0.846 bits per heavy atom. The molecule has 3 aromatic rings. The molecule has 3 rings (SSSR count). The molecular formula is C20H22N4O2. The van der Waals surface area contributed by atoms with Crippen LogP contribution >= 0.6 is 0 Å². The number of aromatic nitrogens is 2. The quantitative estimate of drug-likeness (QED) is 0.645. The molecule has 0 fully saturated rings. The second kappa shape index (κ2) is 8.20. The van der Waals surface area contributed by atoms with E-state index in [1.54, 1.807) is 7.11 Å². The molecule has 0 bridgehead atoms. The molecule has 0 aliphatic rings. The molecule has 6 heteroatoms. The molecule has 1 heterocycles. The van der Waals surface area contributed by atoms with E-state index >= 15 is 0 Å². The van der Waals surface area contributed by atoms with Crippen LogP contribution in [0.25, 0.3) is 0 Å². The van der Waals surface area contributed by atoms with Gasteiger partial charge in [0.15, 0.2) is 0 Å². The molecule has 0 atom stereocenters. The van der Waals surface area contributed by atoms with E-state index < -0.39 is 0 Å². The number of hydrogen-bond acceptors (Lipinski definition) is 6. The van der Waals surface area contributed by atoms with E-state index in [-0.39, 0.29) is 0 Å². The van der Waals surface area contributed by atoms with Crippen molar-refractivity contribution in [1.82, 2.24) is 9.97 Å². The van der Waals surface area contributed by atoms with Crippen LogP contribution in [0.1, 0.15) is 12.6 Å². The molecule has 134 valence electrons. The zero-order chi connectivity index (χ0) is 18.4. The number of nitrogens with one attached hydrogen (secondary N) is 2. The first-order valence-corrected chi connectivity index (χ1v) is 8.43. The fourth-order valence-corrected chi connectivity index (χ4v) is 2.44. The van der Waals surface area contributed by atoms with E-state index in [1.165, 1.54) is 0 Å². The molecule has 0 aliphatic carbocycles. The number of ether oxygens (including phenoxy) is 2. The maximum absolute atomic E-state index is 5.46. The first kappa shape index (κ1) is 17.5. The summed E-state index contributed by atoms with van der Waals surface area (Å²) >= 11 is 0. The van der Waals surface area contributed by atoms with Crippen molar-refractivity contribution in [3.8, 4) is 11.5 Å². The van der Waals surface area contributed by atoms with Crippen molar-refractivity contribution in [1.29, 1.82) is 0 Å². The van der Waals surface area contributed by atoms with Crippen molar-refractivity contribution >= 4 is 23.1 Å². The SMILES string of the molecule is CCOc1ccc(Nc2cc(C)nc(Nc3ccc(OC)cc3)n2)cc1. The van der Waals surface area contributed by atoms with Crippen molar-refractivity contribution < 1.29 is 9.47 Å². The molecular weight excluding hydrogens is 328 g/mol. The number of methoxy groups -OCH3 is 1. The summed E-state index contributed by atoms with van der Waals surface area (Å²) in [6.07, 6.45) is 0. The lowest BCUT2D eigenvalue weighted by Crippen LogP contribution is -2.02. The highest BCUT2D eigenvalue weighted by atomic mass is 16.5. The van der Waals surface area contributed by atoms with Gasteiger partial charge in [0.05, 0.1) is 13.7 Å². The lowest BCUT2D eigenvalue weighted by atomic mass is 10.3. The van der Waals surface area contributed by atoms with Crippen molar-refractivity contribution in [3.63, 3.8) is 0 Å². The third-order valence-electron chi connectivity index (χ3n) is 3.64. The molecule has 0 saturated carbocycles. The number of benzene rings is 2. The van der Waals surface area contributed by atoms with E-state index in [9.17, 15) is 0 Å². The Morgan fingerprint density at radius 2 is 1.46 bits per heavy atom. The van der Waals surface area contributed by atoms with E-state index in [4.69, 9.17) is 9.47 Å². The largest absolute Gasteiger partial charge is 0.497 e. The first-order chi connectivity index (χ1) is 12.7. The van der Waals surface area contributed by atoms with Gasteiger partial charge >= 0.3 is 0 Å². The first-order valence-electron chi connectivity index (χ1n) is 8.43. The normalized spacial score (nSPS) is 10.3. The van der Waals surface area contributed by atoms with Crippen LogP contribution in [0.4, 0.5) is 23.1 Å². The summed E-state index contributed by atoms with van der Waals surface area (Å²) in [5, 5.41) is 6.50. The molecule has 2 aromatic carbocycles. The minimum Gasteiger partial charge on any atom is -0.497 e. The van der Waals surface area contributed by atoms with Crippen LogP contribution in [-0.2, 0) is 0 Å². The van der Waals surface area contributed by atoms with Gasteiger partial charge in [-0.1, -0.05) is 0 Å². The van der Waals surface area contributed by atoms with Crippen LogP contribution in [0.3, 0.4) is 0 Å². The van der Waals surface area contributed by atoms with Gasteiger partial charge in [-0.3, -0.25) is 0 Å². The predicted molar refractivity (Wildman–Crippen MR) is 104 cm³/mol. The molecule has 1 aromatic heterocycles. The van der Waals surface area contributed by atoms with Gasteiger partial charge in [0.2, 0.25) is 5.95 Å². The van der Waals surface area contributed by atoms with Gasteiger partial charge in [-0.15, -0.1) is 0 Å². The van der Waals surface area contributed by atoms with Crippen LogP contribution in [0, 0.1) is 6.92 Å². The molecule has 0 saturated heterocycles. The van der Waals surface area contributed by atoms with Crippen molar-refractivity contribution in [3.05, 3.63) is 60.3 Å². The van der Waals surface area contributed by atoms with Crippen molar-refractivity contribution in [2.24, 2.45) is 0 Å². The average Bonchev–Trinajstić information content (AvgIpc) is 2.64. The summed E-state index contributed by atoms with van der Waals surface area (Å²) in [4.78, 5) is 8.97. The molecule has 2 N–H and O–H groups in total. The van der Waals surface area contributed by atoms with Gasteiger partial charge in [-0.05, 0) is 62.4 Å². The topological polar surface area (TPSA) is 68.3 Å². The third kappa shape index (κ3) is 4.63. The number of rotatable bonds is 7. The summed E-state index contributed by atoms with van der Waals surface area (Å²) in [7, 11) is 1.64. The van der Waals surface area contributed by atoms with Gasteiger partial charge in [-0.25, -0.2) is 4.98 Å². The number of nitrogens with zero attached hydrogens (tertiary/aromatic N) is 2. The van der Waals surface area contributed by atoms with Crippen LogP contribution in [-0.4, -0.2) is 23.7 Å². The Labute approximate surface area is 153 Å². The maximum Gasteiger partial charge on any atom is 0.229 e. The summed E-state index contributed by atoms with van der Waals surface area (Å²) < 4.78 is 10.6. The minimum atomic E-state index is 0.531. The van der Waals surface area contributed by atoms with Crippen LogP contribution in [0.15, 0.2) is 54.6 Å². The molecule has 26 heavy (non-hydrogen) atoms. The summed E-state index contributed by atoms with van der Waals surface area (Å²) in [6, 6.07) is 17.3. The lowest BCUT2D eigenvalue weighted by molar-refractivity contribution is 0.340. The molecule has 0 aliphatic heterocycles. The van der Waals surface area contributed by atoms with Gasteiger partial charge < -0.3 is 20.1 Å². The van der Waals surface area contributed by atoms with Crippen molar-refractivity contribution in [2.45, 2.75) is 13.8 Å².